The number of nitrogens with zero attached hydrogens (tertiary/aromatic N) is 1. The first-order valence-electron chi connectivity index (χ1n) is 9.22. The summed E-state index contributed by atoms with van der Waals surface area (Å²) >= 11 is 0. The van der Waals surface area contributed by atoms with E-state index in [4.69, 9.17) is 4.74 Å². The number of aryl methyl sites for hydroxylation is 1. The molecule has 0 fully saturated rings. The van der Waals surface area contributed by atoms with Crippen molar-refractivity contribution in [2.45, 2.75) is 24.8 Å². The minimum Gasteiger partial charge on any atom is -0.493 e. The minimum absolute atomic E-state index is 0.109. The molecule has 0 amide bonds. The first kappa shape index (κ1) is 20.4. The Hall–Kier alpha value is -2.35. The smallest absolute Gasteiger partial charge is 0.240 e. The first-order chi connectivity index (χ1) is 13.3. The van der Waals surface area contributed by atoms with Gasteiger partial charge in [-0.3, -0.25) is 0 Å². The summed E-state index contributed by atoms with van der Waals surface area (Å²) < 4.78 is 35.1. The number of nitrogens with one attached hydrogen (secondary N) is 1. The van der Waals surface area contributed by atoms with Gasteiger partial charge in [0.25, 0.3) is 0 Å². The van der Waals surface area contributed by atoms with Crippen LogP contribution in [0.4, 0.5) is 0 Å². The Morgan fingerprint density at radius 2 is 1.79 bits per heavy atom. The fourth-order valence-electron chi connectivity index (χ4n) is 3.00. The molecule has 3 aromatic rings. The number of hydrogen-bond donors (Lipinski definition) is 2. The number of rotatable bonds is 8. The normalized spacial score (nSPS) is 13.2. The number of benzene rings is 2. The van der Waals surface area contributed by atoms with Crippen LogP contribution in [0.5, 0.6) is 5.75 Å². The van der Waals surface area contributed by atoms with Crippen LogP contribution in [0.15, 0.2) is 59.6 Å². The van der Waals surface area contributed by atoms with Crippen molar-refractivity contribution in [3.05, 3.63) is 60.3 Å². The molecule has 1 unspecified atom stereocenters. The lowest BCUT2D eigenvalue weighted by Crippen LogP contribution is -2.28. The van der Waals surface area contributed by atoms with Gasteiger partial charge in [-0.1, -0.05) is 32.0 Å². The highest BCUT2D eigenvalue weighted by atomic mass is 32.2. The van der Waals surface area contributed by atoms with Crippen LogP contribution in [0.1, 0.15) is 25.5 Å². The third-order valence-corrected chi connectivity index (χ3v) is 5.91. The van der Waals surface area contributed by atoms with Crippen molar-refractivity contribution in [2.75, 3.05) is 13.2 Å². The summed E-state index contributed by atoms with van der Waals surface area (Å²) in [5.74, 6) is 1.02. The van der Waals surface area contributed by atoms with Gasteiger partial charge < -0.3 is 14.4 Å². The number of aliphatic hydroxyl groups is 1. The summed E-state index contributed by atoms with van der Waals surface area (Å²) in [5.41, 5.74) is 1.68. The SMILES string of the molecule is CC(C)COc1ccc(S(=O)(=O)NCC(O)c2cn(C)c3ccccc23)cc1. The average Bonchev–Trinajstić information content (AvgIpc) is 3.02. The van der Waals surface area contributed by atoms with Crippen LogP contribution < -0.4 is 9.46 Å². The van der Waals surface area contributed by atoms with E-state index >= 15 is 0 Å². The number of ether oxygens (including phenoxy) is 1. The van der Waals surface area contributed by atoms with Gasteiger partial charge in [0.1, 0.15) is 5.75 Å². The lowest BCUT2D eigenvalue weighted by Gasteiger charge is -2.13. The third-order valence-electron chi connectivity index (χ3n) is 4.47. The molecule has 2 N–H and O–H groups in total. The second-order valence-electron chi connectivity index (χ2n) is 7.26. The molecule has 0 saturated carbocycles. The number of hydrogen-bond acceptors (Lipinski definition) is 4. The maximum atomic E-state index is 12.5. The van der Waals surface area contributed by atoms with E-state index in [1.807, 2.05) is 55.9 Å². The van der Waals surface area contributed by atoms with Crippen molar-refractivity contribution in [1.29, 1.82) is 0 Å². The Bertz CT molecular complexity index is 1040. The molecule has 0 aliphatic heterocycles. The van der Waals surface area contributed by atoms with Gasteiger partial charge in [0.15, 0.2) is 0 Å². The number of aromatic nitrogens is 1. The molecule has 0 spiro atoms. The minimum atomic E-state index is -3.73. The topological polar surface area (TPSA) is 80.6 Å². The summed E-state index contributed by atoms with van der Waals surface area (Å²) in [5, 5.41) is 11.5. The quantitative estimate of drug-likeness (QED) is 0.606. The second kappa shape index (κ2) is 8.34. The summed E-state index contributed by atoms with van der Waals surface area (Å²) in [6.45, 7) is 4.55. The first-order valence-corrected chi connectivity index (χ1v) is 10.7. The van der Waals surface area contributed by atoms with Gasteiger partial charge >= 0.3 is 0 Å². The van der Waals surface area contributed by atoms with Gasteiger partial charge in [-0.05, 0) is 36.2 Å². The van der Waals surface area contributed by atoms with Gasteiger partial charge in [0, 0.05) is 36.3 Å². The van der Waals surface area contributed by atoms with Crippen molar-refractivity contribution in [2.24, 2.45) is 13.0 Å². The van der Waals surface area contributed by atoms with Crippen LogP contribution in [-0.4, -0.2) is 31.2 Å². The fraction of sp³-hybridized carbons (Fsp3) is 0.333. The van der Waals surface area contributed by atoms with Crippen molar-refractivity contribution in [3.8, 4) is 5.75 Å². The van der Waals surface area contributed by atoms with E-state index in [1.165, 1.54) is 12.1 Å². The van der Waals surface area contributed by atoms with Gasteiger partial charge in [0.2, 0.25) is 10.0 Å². The molecule has 2 aromatic carbocycles. The van der Waals surface area contributed by atoms with Crippen LogP contribution in [-0.2, 0) is 17.1 Å². The van der Waals surface area contributed by atoms with Crippen LogP contribution in [0.3, 0.4) is 0 Å². The Morgan fingerprint density at radius 1 is 1.11 bits per heavy atom. The highest BCUT2D eigenvalue weighted by Crippen LogP contribution is 2.26. The van der Waals surface area contributed by atoms with Crippen molar-refractivity contribution in [3.63, 3.8) is 0 Å². The van der Waals surface area contributed by atoms with Gasteiger partial charge in [-0.25, -0.2) is 13.1 Å². The zero-order chi connectivity index (χ0) is 20.3. The van der Waals surface area contributed by atoms with E-state index in [1.54, 1.807) is 12.1 Å². The van der Waals surface area contributed by atoms with Crippen molar-refractivity contribution < 1.29 is 18.3 Å². The molecule has 7 heteroatoms. The Balaban J connectivity index is 1.68. The molecular weight excluding hydrogens is 376 g/mol. The highest BCUT2D eigenvalue weighted by molar-refractivity contribution is 7.89. The molecule has 1 atom stereocenters. The monoisotopic (exact) mass is 402 g/mol. The zero-order valence-corrected chi connectivity index (χ0v) is 17.1. The standard InChI is InChI=1S/C21H26N2O4S/c1-15(2)14-27-16-8-10-17(11-9-16)28(25,26)22-12-21(24)19-13-23(3)20-7-5-4-6-18(19)20/h4-11,13,15,21-22,24H,12,14H2,1-3H3. The summed E-state index contributed by atoms with van der Waals surface area (Å²) in [4.78, 5) is 0.134. The second-order valence-corrected chi connectivity index (χ2v) is 9.02. The highest BCUT2D eigenvalue weighted by Gasteiger charge is 2.19. The van der Waals surface area contributed by atoms with E-state index < -0.39 is 16.1 Å². The van der Waals surface area contributed by atoms with E-state index in [0.29, 0.717) is 23.8 Å². The fourth-order valence-corrected chi connectivity index (χ4v) is 4.04. The molecule has 1 heterocycles. The number of sulfonamides is 1. The van der Waals surface area contributed by atoms with Crippen LogP contribution in [0, 0.1) is 5.92 Å². The van der Waals surface area contributed by atoms with Crippen LogP contribution >= 0.6 is 0 Å². The van der Waals surface area contributed by atoms with E-state index in [0.717, 1.165) is 10.9 Å². The Labute approximate surface area is 165 Å². The van der Waals surface area contributed by atoms with E-state index in [2.05, 4.69) is 4.72 Å². The van der Waals surface area contributed by atoms with Crippen molar-refractivity contribution >= 4 is 20.9 Å². The Morgan fingerprint density at radius 3 is 2.46 bits per heavy atom. The number of aliphatic hydroxyl groups excluding tert-OH is 1. The molecule has 1 aromatic heterocycles. The molecular formula is C21H26N2O4S. The zero-order valence-electron chi connectivity index (χ0n) is 16.3. The van der Waals surface area contributed by atoms with Crippen LogP contribution in [0.2, 0.25) is 0 Å². The molecule has 6 nitrogen and oxygen atoms in total. The predicted octanol–water partition coefficient (Wildman–Crippen LogP) is 3.23. The van der Waals surface area contributed by atoms with Crippen molar-refractivity contribution in [1.82, 2.24) is 9.29 Å². The molecule has 150 valence electrons. The molecule has 0 aliphatic carbocycles. The van der Waals surface area contributed by atoms with E-state index in [9.17, 15) is 13.5 Å². The maximum Gasteiger partial charge on any atom is 0.240 e. The Kier molecular flexibility index (Phi) is 6.07. The van der Waals surface area contributed by atoms with Gasteiger partial charge in [-0.2, -0.15) is 0 Å². The van der Waals surface area contributed by atoms with Gasteiger partial charge in [-0.15, -0.1) is 0 Å². The predicted molar refractivity (Wildman–Crippen MR) is 110 cm³/mol. The number of fused-ring (bicyclic) bond motifs is 1. The third kappa shape index (κ3) is 4.55. The molecule has 3 rings (SSSR count). The maximum absolute atomic E-state index is 12.5. The van der Waals surface area contributed by atoms with Crippen LogP contribution in [0.25, 0.3) is 10.9 Å². The molecule has 0 bridgehead atoms. The number of para-hydroxylation sites is 1. The van der Waals surface area contributed by atoms with E-state index in [-0.39, 0.29) is 11.4 Å². The molecule has 0 saturated heterocycles. The largest absolute Gasteiger partial charge is 0.493 e. The average molecular weight is 403 g/mol. The lowest BCUT2D eigenvalue weighted by atomic mass is 10.1. The lowest BCUT2D eigenvalue weighted by molar-refractivity contribution is 0.183. The molecule has 28 heavy (non-hydrogen) atoms. The molecule has 0 radical (unpaired) electrons. The molecule has 0 aliphatic rings. The summed E-state index contributed by atoms with van der Waals surface area (Å²) in [7, 11) is -1.84. The van der Waals surface area contributed by atoms with Gasteiger partial charge in [0.05, 0.1) is 17.6 Å². The summed E-state index contributed by atoms with van der Waals surface area (Å²) in [6, 6.07) is 14.0. The summed E-state index contributed by atoms with van der Waals surface area (Å²) in [6.07, 6.45) is 0.874.